The van der Waals surface area contributed by atoms with Crippen LogP contribution in [0, 0.1) is 17.0 Å². The predicted molar refractivity (Wildman–Crippen MR) is 118 cm³/mol. The lowest BCUT2D eigenvalue weighted by atomic mass is 9.73. The van der Waals surface area contributed by atoms with Crippen LogP contribution in [0.15, 0.2) is 53.6 Å². The van der Waals surface area contributed by atoms with Gasteiger partial charge < -0.3 is 15.4 Å². The van der Waals surface area contributed by atoms with Crippen LogP contribution in [-0.2, 0) is 16.0 Å². The summed E-state index contributed by atoms with van der Waals surface area (Å²) in [6.07, 6.45) is 1.13. The average molecular weight is 456 g/mol. The van der Waals surface area contributed by atoms with Gasteiger partial charge in [0, 0.05) is 39.0 Å². The zero-order valence-corrected chi connectivity index (χ0v) is 18.3. The Morgan fingerprint density at radius 1 is 1.21 bits per heavy atom. The molecule has 2 aromatic rings. The van der Waals surface area contributed by atoms with Crippen molar-refractivity contribution < 1.29 is 23.1 Å². The molecule has 0 spiro atoms. The number of nitrogens with two attached hydrogens (primary N) is 1. The van der Waals surface area contributed by atoms with Crippen molar-refractivity contribution in [2.75, 3.05) is 26.7 Å². The number of piperidine rings is 1. The first-order chi connectivity index (χ1) is 15.8. The molecular formula is C24H26F2N4O3. The van der Waals surface area contributed by atoms with Gasteiger partial charge >= 0.3 is 0 Å². The minimum absolute atomic E-state index is 0.0648. The van der Waals surface area contributed by atoms with E-state index in [1.165, 1.54) is 11.1 Å². The molecule has 1 fully saturated rings. The molecule has 2 heterocycles. The number of amides is 2. The maximum absolute atomic E-state index is 13.3. The number of rotatable bonds is 7. The Morgan fingerprint density at radius 3 is 2.70 bits per heavy atom. The van der Waals surface area contributed by atoms with Crippen molar-refractivity contribution in [2.45, 2.75) is 25.3 Å². The second-order valence-electron chi connectivity index (χ2n) is 8.45. The lowest BCUT2D eigenvalue weighted by Gasteiger charge is -2.40. The fraction of sp³-hybridized carbons (Fsp3) is 0.375. The Bertz CT molecular complexity index is 1080. The third kappa shape index (κ3) is 4.59. The Morgan fingerprint density at radius 2 is 1.97 bits per heavy atom. The summed E-state index contributed by atoms with van der Waals surface area (Å²) in [6.45, 7) is 0.697. The summed E-state index contributed by atoms with van der Waals surface area (Å²) in [4.78, 5) is 27.9. The van der Waals surface area contributed by atoms with Crippen LogP contribution in [0.1, 0.15) is 18.4 Å². The van der Waals surface area contributed by atoms with Crippen molar-refractivity contribution >= 4 is 17.5 Å². The highest BCUT2D eigenvalue weighted by atomic mass is 19.2. The van der Waals surface area contributed by atoms with Crippen LogP contribution < -0.4 is 10.5 Å². The summed E-state index contributed by atoms with van der Waals surface area (Å²) in [7, 11) is 1.63. The molecule has 1 saturated heterocycles. The lowest BCUT2D eigenvalue weighted by molar-refractivity contribution is -0.140. The van der Waals surface area contributed by atoms with Crippen molar-refractivity contribution in [1.82, 2.24) is 9.91 Å². The van der Waals surface area contributed by atoms with Crippen LogP contribution in [0.3, 0.4) is 0 Å². The normalized spacial score (nSPS) is 21.0. The third-order valence-corrected chi connectivity index (χ3v) is 6.17. The first-order valence-electron chi connectivity index (χ1n) is 10.8. The van der Waals surface area contributed by atoms with Gasteiger partial charge in [0.25, 0.3) is 5.91 Å². The summed E-state index contributed by atoms with van der Waals surface area (Å²) in [5.41, 5.74) is 7.02. The van der Waals surface area contributed by atoms with E-state index in [0.717, 1.165) is 23.4 Å². The summed E-state index contributed by atoms with van der Waals surface area (Å²) in [5, 5.41) is 5.81. The molecule has 0 saturated carbocycles. The maximum Gasteiger partial charge on any atom is 0.256 e. The molecule has 2 atom stereocenters. The molecule has 2 unspecified atom stereocenters. The quantitative estimate of drug-likeness (QED) is 0.693. The maximum atomic E-state index is 13.3. The SMILES string of the molecule is CN1N=C2CCN(C(=O)C(N)CCOc3ccc(F)c(F)c3)CC2(Cc2ccccc2)C1=O. The number of likely N-dealkylation sites (tertiary alicyclic amines) is 1. The molecule has 7 nitrogen and oxygen atoms in total. The topological polar surface area (TPSA) is 88.2 Å². The van der Waals surface area contributed by atoms with Crippen LogP contribution in [0.5, 0.6) is 5.75 Å². The number of hydrogen-bond donors (Lipinski definition) is 1. The highest BCUT2D eigenvalue weighted by Crippen LogP contribution is 2.38. The van der Waals surface area contributed by atoms with Gasteiger partial charge in [-0.15, -0.1) is 0 Å². The van der Waals surface area contributed by atoms with Crippen LogP contribution in [0.4, 0.5) is 8.78 Å². The second kappa shape index (κ2) is 9.27. The van der Waals surface area contributed by atoms with E-state index >= 15 is 0 Å². The summed E-state index contributed by atoms with van der Waals surface area (Å²) in [6, 6.07) is 12.1. The molecule has 9 heteroatoms. The van der Waals surface area contributed by atoms with Gasteiger partial charge in [-0.25, -0.2) is 13.8 Å². The van der Waals surface area contributed by atoms with Gasteiger partial charge in [-0.1, -0.05) is 30.3 Å². The Hall–Kier alpha value is -3.33. The fourth-order valence-corrected chi connectivity index (χ4v) is 4.44. The molecule has 2 amide bonds. The fourth-order valence-electron chi connectivity index (χ4n) is 4.44. The number of hydrazone groups is 1. The molecule has 33 heavy (non-hydrogen) atoms. The molecule has 0 bridgehead atoms. The van der Waals surface area contributed by atoms with Crippen LogP contribution in [-0.4, -0.2) is 60.2 Å². The van der Waals surface area contributed by atoms with Crippen LogP contribution in [0.25, 0.3) is 0 Å². The van der Waals surface area contributed by atoms with Crippen molar-refractivity contribution in [3.63, 3.8) is 0 Å². The molecule has 4 rings (SSSR count). The molecule has 2 aromatic carbocycles. The van der Waals surface area contributed by atoms with Crippen molar-refractivity contribution in [1.29, 1.82) is 0 Å². The zero-order chi connectivity index (χ0) is 23.6. The van der Waals surface area contributed by atoms with Gasteiger partial charge in [0.1, 0.15) is 11.2 Å². The van der Waals surface area contributed by atoms with E-state index < -0.39 is 23.1 Å². The molecule has 2 aliphatic rings. The monoisotopic (exact) mass is 456 g/mol. The van der Waals surface area contributed by atoms with Gasteiger partial charge in [0.2, 0.25) is 5.91 Å². The standard InChI is InChI=1S/C24H26F2N4O3/c1-29-23(32)24(14-16-5-3-2-4-6-16)15-30(11-9-21(24)28-29)22(31)20(27)10-12-33-17-7-8-18(25)19(26)13-17/h2-8,13,20H,9-12,14-15,27H2,1H3. The molecule has 2 aliphatic heterocycles. The van der Waals surface area contributed by atoms with E-state index in [2.05, 4.69) is 5.10 Å². The number of nitrogens with zero attached hydrogens (tertiary/aromatic N) is 3. The first kappa shape index (κ1) is 22.8. The van der Waals surface area contributed by atoms with Gasteiger partial charge in [-0.05, 0) is 24.1 Å². The van der Waals surface area contributed by atoms with Crippen molar-refractivity contribution in [3.05, 3.63) is 65.7 Å². The highest BCUT2D eigenvalue weighted by Gasteiger charge is 2.53. The number of halogens is 2. The molecular weight excluding hydrogens is 430 g/mol. The van der Waals surface area contributed by atoms with E-state index in [1.807, 2.05) is 30.3 Å². The summed E-state index contributed by atoms with van der Waals surface area (Å²) >= 11 is 0. The lowest BCUT2D eigenvalue weighted by Crippen LogP contribution is -2.58. The van der Waals surface area contributed by atoms with Gasteiger partial charge in [0.15, 0.2) is 11.6 Å². The number of carbonyl (C=O) groups is 2. The Kier molecular flexibility index (Phi) is 6.42. The predicted octanol–water partition coefficient (Wildman–Crippen LogP) is 2.35. The Labute approximate surface area is 190 Å². The Balaban J connectivity index is 1.42. The number of benzene rings is 2. The average Bonchev–Trinajstić information content (AvgIpc) is 3.05. The van der Waals surface area contributed by atoms with E-state index in [0.29, 0.717) is 19.4 Å². The summed E-state index contributed by atoms with van der Waals surface area (Å²) in [5.74, 6) is -2.21. The smallest absolute Gasteiger partial charge is 0.256 e. The largest absolute Gasteiger partial charge is 0.493 e. The van der Waals surface area contributed by atoms with E-state index in [9.17, 15) is 18.4 Å². The van der Waals surface area contributed by atoms with Crippen LogP contribution in [0.2, 0.25) is 0 Å². The number of carbonyl (C=O) groups excluding carboxylic acids is 2. The first-order valence-corrected chi connectivity index (χ1v) is 10.8. The molecule has 0 aromatic heterocycles. The minimum Gasteiger partial charge on any atom is -0.493 e. The summed E-state index contributed by atoms with van der Waals surface area (Å²) < 4.78 is 31.8. The zero-order valence-electron chi connectivity index (χ0n) is 18.3. The number of hydrogen-bond acceptors (Lipinski definition) is 5. The molecule has 174 valence electrons. The second-order valence-corrected chi connectivity index (χ2v) is 8.45. The van der Waals surface area contributed by atoms with E-state index in [1.54, 1.807) is 11.9 Å². The molecule has 0 aliphatic carbocycles. The van der Waals surface area contributed by atoms with E-state index in [4.69, 9.17) is 10.5 Å². The third-order valence-electron chi connectivity index (χ3n) is 6.17. The highest BCUT2D eigenvalue weighted by molar-refractivity contribution is 6.13. The molecule has 2 N–H and O–H groups in total. The minimum atomic E-state index is -1.01. The van der Waals surface area contributed by atoms with Crippen LogP contribution >= 0.6 is 0 Å². The van der Waals surface area contributed by atoms with Gasteiger partial charge in [-0.3, -0.25) is 9.59 Å². The van der Waals surface area contributed by atoms with Gasteiger partial charge in [0.05, 0.1) is 18.4 Å². The number of ether oxygens (including phenoxy) is 1. The van der Waals surface area contributed by atoms with Gasteiger partial charge in [-0.2, -0.15) is 5.10 Å². The molecule has 0 radical (unpaired) electrons. The van der Waals surface area contributed by atoms with Crippen molar-refractivity contribution in [2.24, 2.45) is 16.3 Å². The van der Waals surface area contributed by atoms with E-state index in [-0.39, 0.29) is 37.1 Å². The number of fused-ring (bicyclic) bond motifs is 1. The van der Waals surface area contributed by atoms with Crippen molar-refractivity contribution in [3.8, 4) is 5.75 Å².